The third-order valence-electron chi connectivity index (χ3n) is 9.11. The van der Waals surface area contributed by atoms with Gasteiger partial charge in [0.25, 0.3) is 0 Å². The fourth-order valence-electron chi connectivity index (χ4n) is 6.51. The van der Waals surface area contributed by atoms with Gasteiger partial charge >= 0.3 is 0 Å². The van der Waals surface area contributed by atoms with E-state index in [0.29, 0.717) is 38.9 Å². The highest BCUT2D eigenvalue weighted by atomic mass is 16.3. The minimum atomic E-state index is -0.905. The zero-order chi connectivity index (χ0) is 35.5. The van der Waals surface area contributed by atoms with Gasteiger partial charge in [0.2, 0.25) is 17.7 Å². The molecule has 1 aliphatic rings. The summed E-state index contributed by atoms with van der Waals surface area (Å²) in [5.41, 5.74) is 28.7. The molecular formula is C37H50N8O4. The van der Waals surface area contributed by atoms with Crippen LogP contribution in [0.15, 0.2) is 71.7 Å². The van der Waals surface area contributed by atoms with Crippen molar-refractivity contribution in [3.63, 3.8) is 0 Å². The number of primary amides is 1. The predicted molar refractivity (Wildman–Crippen MR) is 191 cm³/mol. The molecular weight excluding hydrogens is 620 g/mol. The molecule has 11 N–H and O–H groups in total. The van der Waals surface area contributed by atoms with Gasteiger partial charge in [-0.2, -0.15) is 0 Å². The molecule has 1 aliphatic heterocycles. The Morgan fingerprint density at radius 2 is 1.57 bits per heavy atom. The summed E-state index contributed by atoms with van der Waals surface area (Å²) < 4.78 is 0. The Bertz CT molecular complexity index is 1600. The molecule has 0 saturated heterocycles. The summed E-state index contributed by atoms with van der Waals surface area (Å²) in [4.78, 5) is 46.7. The number of nitrogens with zero attached hydrogens (tertiary/aromatic N) is 2. The molecule has 4 atom stereocenters. The number of phenols is 1. The Kier molecular flexibility index (Phi) is 13.1. The highest BCUT2D eigenvalue weighted by Gasteiger charge is 2.35. The summed E-state index contributed by atoms with van der Waals surface area (Å²) in [6, 6.07) is 17.9. The van der Waals surface area contributed by atoms with Gasteiger partial charge in [0.1, 0.15) is 17.8 Å². The van der Waals surface area contributed by atoms with Gasteiger partial charge in [0.15, 0.2) is 5.96 Å². The second-order valence-electron chi connectivity index (χ2n) is 12.8. The van der Waals surface area contributed by atoms with Crippen LogP contribution in [-0.4, -0.2) is 70.9 Å². The Balaban J connectivity index is 1.58. The van der Waals surface area contributed by atoms with Crippen LogP contribution in [0.5, 0.6) is 5.75 Å². The van der Waals surface area contributed by atoms with E-state index in [0.717, 1.165) is 39.8 Å². The number of guanidine groups is 1. The van der Waals surface area contributed by atoms with Crippen molar-refractivity contribution in [2.75, 3.05) is 13.1 Å². The van der Waals surface area contributed by atoms with Crippen molar-refractivity contribution in [2.24, 2.45) is 27.9 Å². The third kappa shape index (κ3) is 10.3. The maximum atomic E-state index is 14.4. The molecule has 12 heteroatoms. The molecule has 0 saturated carbocycles. The normalized spacial score (nSPS) is 15.8. The number of hydrogen-bond donors (Lipinski definition) is 7. The molecule has 3 aromatic rings. The van der Waals surface area contributed by atoms with Crippen LogP contribution >= 0.6 is 0 Å². The zero-order valence-corrected chi connectivity index (χ0v) is 28.4. The van der Waals surface area contributed by atoms with Gasteiger partial charge in [0.05, 0.1) is 6.04 Å². The van der Waals surface area contributed by atoms with Crippen LogP contribution in [0.1, 0.15) is 52.6 Å². The van der Waals surface area contributed by atoms with Crippen molar-refractivity contribution in [3.8, 4) is 5.75 Å². The summed E-state index contributed by atoms with van der Waals surface area (Å²) in [6.07, 6.45) is 2.96. The maximum absolute atomic E-state index is 14.4. The largest absolute Gasteiger partial charge is 0.508 e. The van der Waals surface area contributed by atoms with E-state index < -0.39 is 24.0 Å². The number of carbonyl (C=O) groups excluding carboxylic acids is 3. The second kappa shape index (κ2) is 17.5. The van der Waals surface area contributed by atoms with Crippen LogP contribution in [0, 0.1) is 13.8 Å². The molecule has 1 heterocycles. The monoisotopic (exact) mass is 670 g/mol. The van der Waals surface area contributed by atoms with Gasteiger partial charge in [-0.15, -0.1) is 0 Å². The maximum Gasteiger partial charge on any atom is 0.248 e. The third-order valence-corrected chi connectivity index (χ3v) is 9.11. The highest BCUT2D eigenvalue weighted by Crippen LogP contribution is 2.27. The van der Waals surface area contributed by atoms with Crippen molar-refractivity contribution in [3.05, 3.63) is 100 Å². The van der Waals surface area contributed by atoms with Crippen molar-refractivity contribution in [2.45, 2.75) is 83.1 Å². The van der Waals surface area contributed by atoms with Crippen LogP contribution in [0.4, 0.5) is 0 Å². The molecule has 3 amide bonds. The summed E-state index contributed by atoms with van der Waals surface area (Å²) in [5.74, 6) is -1.27. The first kappa shape index (κ1) is 36.9. The first-order valence-corrected chi connectivity index (χ1v) is 16.8. The molecule has 0 aromatic heterocycles. The van der Waals surface area contributed by atoms with Gasteiger partial charge in [-0.3, -0.25) is 14.4 Å². The van der Waals surface area contributed by atoms with E-state index in [9.17, 15) is 19.5 Å². The molecule has 0 radical (unpaired) electrons. The number of aryl methyl sites for hydroxylation is 2. The smallest absolute Gasteiger partial charge is 0.248 e. The lowest BCUT2D eigenvalue weighted by Crippen LogP contribution is -2.57. The lowest BCUT2D eigenvalue weighted by atomic mass is 9.91. The minimum Gasteiger partial charge on any atom is -0.508 e. The number of rotatable bonds is 16. The second-order valence-corrected chi connectivity index (χ2v) is 12.8. The van der Waals surface area contributed by atoms with Gasteiger partial charge in [-0.05, 0) is 85.2 Å². The summed E-state index contributed by atoms with van der Waals surface area (Å²) in [6.45, 7) is 4.88. The summed E-state index contributed by atoms with van der Waals surface area (Å²) in [5, 5.41) is 16.4. The van der Waals surface area contributed by atoms with Crippen molar-refractivity contribution >= 4 is 23.7 Å². The lowest BCUT2D eigenvalue weighted by molar-refractivity contribution is -0.136. The zero-order valence-electron chi connectivity index (χ0n) is 28.4. The Hall–Kier alpha value is -4.94. The van der Waals surface area contributed by atoms with Crippen LogP contribution < -0.4 is 33.6 Å². The van der Waals surface area contributed by atoms with Crippen LogP contribution in [0.3, 0.4) is 0 Å². The number of amides is 3. The molecule has 0 fully saturated rings. The fraction of sp³-hybridized carbons (Fsp3) is 0.405. The Labute approximate surface area is 288 Å². The number of hydrogen-bond acceptors (Lipinski definition) is 7. The molecule has 0 aliphatic carbocycles. The number of benzene rings is 3. The van der Waals surface area contributed by atoms with Gasteiger partial charge in [-0.25, -0.2) is 4.99 Å². The molecule has 0 spiro atoms. The van der Waals surface area contributed by atoms with E-state index in [1.54, 1.807) is 17.0 Å². The Morgan fingerprint density at radius 1 is 0.918 bits per heavy atom. The average Bonchev–Trinajstić information content (AvgIpc) is 3.06. The van der Waals surface area contributed by atoms with Crippen LogP contribution in [-0.2, 0) is 40.2 Å². The number of nitrogens with one attached hydrogen (secondary N) is 2. The van der Waals surface area contributed by atoms with E-state index in [-0.39, 0.29) is 42.4 Å². The number of carbonyl (C=O) groups is 3. The topological polar surface area (TPSA) is 215 Å². The van der Waals surface area contributed by atoms with Crippen molar-refractivity contribution < 1.29 is 19.5 Å². The van der Waals surface area contributed by atoms with E-state index in [2.05, 4.69) is 15.6 Å². The molecule has 0 unspecified atom stereocenters. The SMILES string of the molecule is Cc1cc(O)cc(C)c1C[C@H](N=C(N)N)C(=O)N1Cc2ccccc2C[C@H]1CN[C@@H](CCCCN)C(=O)N[C@@H](Cc1ccccc1)C(N)=O. The molecule has 12 nitrogen and oxygen atoms in total. The van der Waals surface area contributed by atoms with E-state index >= 15 is 0 Å². The first-order valence-electron chi connectivity index (χ1n) is 16.8. The first-order chi connectivity index (χ1) is 23.5. The number of phenolic OH excluding ortho intramolecular Hbond substituents is 1. The van der Waals surface area contributed by atoms with Gasteiger partial charge in [0, 0.05) is 32.0 Å². The quantitative estimate of drug-likeness (QED) is 0.0671. The fourth-order valence-corrected chi connectivity index (χ4v) is 6.51. The molecule has 49 heavy (non-hydrogen) atoms. The van der Waals surface area contributed by atoms with Crippen molar-refractivity contribution in [1.82, 2.24) is 15.5 Å². The minimum absolute atomic E-state index is 0.148. The molecule has 3 aromatic carbocycles. The van der Waals surface area contributed by atoms with Crippen LogP contribution in [0.25, 0.3) is 0 Å². The summed E-state index contributed by atoms with van der Waals surface area (Å²) >= 11 is 0. The Morgan fingerprint density at radius 3 is 2.20 bits per heavy atom. The summed E-state index contributed by atoms with van der Waals surface area (Å²) in [7, 11) is 0. The number of aliphatic imine (C=N–C) groups is 1. The number of aromatic hydroxyl groups is 1. The van der Waals surface area contributed by atoms with Crippen LogP contribution in [0.2, 0.25) is 0 Å². The van der Waals surface area contributed by atoms with E-state index in [1.807, 2.05) is 68.4 Å². The van der Waals surface area contributed by atoms with E-state index in [1.165, 1.54) is 0 Å². The predicted octanol–water partition coefficient (Wildman–Crippen LogP) is 1.45. The number of unbranched alkanes of at least 4 members (excludes halogenated alkanes) is 1. The lowest BCUT2D eigenvalue weighted by Gasteiger charge is -2.39. The molecule has 262 valence electrons. The standard InChI is InChI=1S/C37H50N8O4/c1-23-16-29(46)17-24(2)30(23)20-33(44-37(40)41)36(49)45-22-27-13-7-6-12-26(27)19-28(45)21-42-31(14-8-9-15-38)35(48)43-32(34(39)47)18-25-10-4-3-5-11-25/h3-7,10-13,16-17,28,31-33,42,46H,8-9,14-15,18-22,38H2,1-2H3,(H2,39,47)(H,43,48)(H4,40,41,44)/t28-,31-,32-,33-/m0/s1. The average molecular weight is 671 g/mol. The molecule has 4 rings (SSSR count). The number of fused-ring (bicyclic) bond motifs is 1. The van der Waals surface area contributed by atoms with Gasteiger partial charge in [-0.1, -0.05) is 61.0 Å². The molecule has 0 bridgehead atoms. The number of nitrogens with two attached hydrogens (primary N) is 4. The highest BCUT2D eigenvalue weighted by molar-refractivity contribution is 5.89. The van der Waals surface area contributed by atoms with Crippen molar-refractivity contribution in [1.29, 1.82) is 0 Å². The van der Waals surface area contributed by atoms with E-state index in [4.69, 9.17) is 22.9 Å². The van der Waals surface area contributed by atoms with Gasteiger partial charge < -0.3 is 43.6 Å².